The van der Waals surface area contributed by atoms with Gasteiger partial charge in [0, 0.05) is 35.5 Å². The standard InChI is InChI=1S/C12H12Cl2N2OS/c1-17-5-4-15-12-16-7-11(18-12)9-6-8(13)2-3-10(9)14/h2-3,6-7H,4-5H2,1H3,(H,15,16). The molecule has 18 heavy (non-hydrogen) atoms. The number of benzene rings is 1. The fourth-order valence-electron chi connectivity index (χ4n) is 1.43. The summed E-state index contributed by atoms with van der Waals surface area (Å²) in [6.45, 7) is 1.37. The molecule has 0 radical (unpaired) electrons. The molecule has 0 fully saturated rings. The maximum atomic E-state index is 6.15. The molecule has 1 heterocycles. The van der Waals surface area contributed by atoms with Crippen molar-refractivity contribution in [2.45, 2.75) is 0 Å². The van der Waals surface area contributed by atoms with Gasteiger partial charge in [-0.3, -0.25) is 0 Å². The van der Waals surface area contributed by atoms with E-state index >= 15 is 0 Å². The molecule has 96 valence electrons. The van der Waals surface area contributed by atoms with Gasteiger partial charge in [0.05, 0.1) is 11.5 Å². The maximum absolute atomic E-state index is 6.15. The van der Waals surface area contributed by atoms with Gasteiger partial charge >= 0.3 is 0 Å². The highest BCUT2D eigenvalue weighted by atomic mass is 35.5. The molecule has 0 aliphatic rings. The van der Waals surface area contributed by atoms with Gasteiger partial charge in [-0.2, -0.15) is 0 Å². The molecule has 0 amide bonds. The molecule has 1 N–H and O–H groups in total. The third-order valence-corrected chi connectivity index (χ3v) is 3.83. The first-order chi connectivity index (χ1) is 8.70. The van der Waals surface area contributed by atoms with Crippen molar-refractivity contribution in [3.63, 3.8) is 0 Å². The highest BCUT2D eigenvalue weighted by molar-refractivity contribution is 7.18. The molecular formula is C12H12Cl2N2OS. The fourth-order valence-corrected chi connectivity index (χ4v) is 2.75. The summed E-state index contributed by atoms with van der Waals surface area (Å²) in [5.41, 5.74) is 0.904. The Kier molecular flexibility index (Phi) is 4.83. The van der Waals surface area contributed by atoms with Gasteiger partial charge in [0.15, 0.2) is 5.13 Å². The Labute approximate surface area is 120 Å². The van der Waals surface area contributed by atoms with E-state index in [1.54, 1.807) is 25.4 Å². The van der Waals surface area contributed by atoms with E-state index < -0.39 is 0 Å². The summed E-state index contributed by atoms with van der Waals surface area (Å²) in [5, 5.41) is 5.36. The van der Waals surface area contributed by atoms with E-state index in [0.717, 1.165) is 22.1 Å². The molecule has 2 rings (SSSR count). The summed E-state index contributed by atoms with van der Waals surface area (Å²) in [6, 6.07) is 5.40. The van der Waals surface area contributed by atoms with Gasteiger partial charge in [-0.1, -0.05) is 34.5 Å². The molecule has 0 aliphatic heterocycles. The van der Waals surface area contributed by atoms with Crippen LogP contribution >= 0.6 is 34.5 Å². The van der Waals surface area contributed by atoms with E-state index in [-0.39, 0.29) is 0 Å². The summed E-state index contributed by atoms with van der Waals surface area (Å²) in [7, 11) is 1.67. The Hall–Kier alpha value is -0.810. The van der Waals surface area contributed by atoms with Crippen LogP contribution in [0.2, 0.25) is 10.0 Å². The average Bonchev–Trinajstić information content (AvgIpc) is 2.81. The highest BCUT2D eigenvalue weighted by Gasteiger charge is 2.08. The van der Waals surface area contributed by atoms with E-state index in [2.05, 4.69) is 10.3 Å². The van der Waals surface area contributed by atoms with Crippen molar-refractivity contribution in [1.82, 2.24) is 4.98 Å². The van der Waals surface area contributed by atoms with Crippen molar-refractivity contribution < 1.29 is 4.74 Å². The topological polar surface area (TPSA) is 34.1 Å². The van der Waals surface area contributed by atoms with Crippen molar-refractivity contribution in [2.75, 3.05) is 25.6 Å². The molecule has 1 aromatic carbocycles. The van der Waals surface area contributed by atoms with Crippen molar-refractivity contribution in [1.29, 1.82) is 0 Å². The van der Waals surface area contributed by atoms with Crippen molar-refractivity contribution in [3.05, 3.63) is 34.4 Å². The number of methoxy groups -OCH3 is 1. The lowest BCUT2D eigenvalue weighted by Crippen LogP contribution is -2.06. The number of ether oxygens (including phenoxy) is 1. The number of nitrogens with one attached hydrogen (secondary N) is 1. The Morgan fingerprint density at radius 2 is 2.22 bits per heavy atom. The number of nitrogens with zero attached hydrogens (tertiary/aromatic N) is 1. The van der Waals surface area contributed by atoms with E-state index in [1.165, 1.54) is 11.3 Å². The lowest BCUT2D eigenvalue weighted by atomic mass is 10.2. The zero-order chi connectivity index (χ0) is 13.0. The molecule has 0 bridgehead atoms. The monoisotopic (exact) mass is 302 g/mol. The van der Waals surface area contributed by atoms with Gasteiger partial charge in [0.25, 0.3) is 0 Å². The third-order valence-electron chi connectivity index (χ3n) is 2.28. The number of thiazole rings is 1. The van der Waals surface area contributed by atoms with E-state index in [0.29, 0.717) is 16.7 Å². The van der Waals surface area contributed by atoms with Crippen LogP contribution in [0.25, 0.3) is 10.4 Å². The number of hydrogen-bond donors (Lipinski definition) is 1. The molecule has 2 aromatic rings. The highest BCUT2D eigenvalue weighted by Crippen LogP contribution is 2.35. The van der Waals surface area contributed by atoms with Crippen molar-refractivity contribution in [3.8, 4) is 10.4 Å². The number of aromatic nitrogens is 1. The molecule has 6 heteroatoms. The van der Waals surface area contributed by atoms with Crippen LogP contribution in [-0.4, -0.2) is 25.2 Å². The average molecular weight is 303 g/mol. The van der Waals surface area contributed by atoms with Crippen LogP contribution in [0.15, 0.2) is 24.4 Å². The van der Waals surface area contributed by atoms with Crippen LogP contribution in [0.1, 0.15) is 0 Å². The minimum atomic E-state index is 0.646. The molecule has 1 aromatic heterocycles. The molecular weight excluding hydrogens is 291 g/mol. The second kappa shape index (κ2) is 6.38. The Bertz CT molecular complexity index is 531. The van der Waals surface area contributed by atoms with Gasteiger partial charge in [-0.15, -0.1) is 0 Å². The van der Waals surface area contributed by atoms with Crippen LogP contribution in [0, 0.1) is 0 Å². The fraction of sp³-hybridized carbons (Fsp3) is 0.250. The van der Waals surface area contributed by atoms with Crippen molar-refractivity contribution >= 4 is 39.7 Å². The first-order valence-corrected chi connectivity index (χ1v) is 6.92. The van der Waals surface area contributed by atoms with Gasteiger partial charge in [-0.05, 0) is 18.2 Å². The molecule has 0 unspecified atom stereocenters. The minimum absolute atomic E-state index is 0.646. The lowest BCUT2D eigenvalue weighted by Gasteiger charge is -2.01. The predicted octanol–water partition coefficient (Wildman–Crippen LogP) is 4.18. The van der Waals surface area contributed by atoms with Crippen LogP contribution in [0.5, 0.6) is 0 Å². The van der Waals surface area contributed by atoms with Gasteiger partial charge in [-0.25, -0.2) is 4.98 Å². The molecule has 3 nitrogen and oxygen atoms in total. The van der Waals surface area contributed by atoms with E-state index in [4.69, 9.17) is 27.9 Å². The van der Waals surface area contributed by atoms with Gasteiger partial charge in [0.2, 0.25) is 0 Å². The minimum Gasteiger partial charge on any atom is -0.383 e. The summed E-state index contributed by atoms with van der Waals surface area (Å²) in [5.74, 6) is 0. The number of rotatable bonds is 5. The maximum Gasteiger partial charge on any atom is 0.183 e. The number of anilines is 1. The van der Waals surface area contributed by atoms with E-state index in [9.17, 15) is 0 Å². The largest absolute Gasteiger partial charge is 0.383 e. The molecule has 0 atom stereocenters. The quantitative estimate of drug-likeness (QED) is 0.842. The Morgan fingerprint density at radius 3 is 3.00 bits per heavy atom. The first kappa shape index (κ1) is 13.6. The second-order valence-corrected chi connectivity index (χ2v) is 5.45. The molecule has 0 spiro atoms. The second-order valence-electron chi connectivity index (χ2n) is 3.57. The smallest absolute Gasteiger partial charge is 0.183 e. The summed E-state index contributed by atoms with van der Waals surface area (Å²) in [4.78, 5) is 5.27. The molecule has 0 saturated heterocycles. The zero-order valence-corrected chi connectivity index (χ0v) is 12.1. The van der Waals surface area contributed by atoms with Crippen LogP contribution in [0.4, 0.5) is 5.13 Å². The zero-order valence-electron chi connectivity index (χ0n) is 9.74. The van der Waals surface area contributed by atoms with Gasteiger partial charge in [0.1, 0.15) is 0 Å². The third kappa shape index (κ3) is 3.36. The normalized spacial score (nSPS) is 10.6. The summed E-state index contributed by atoms with van der Waals surface area (Å²) < 4.78 is 4.97. The van der Waals surface area contributed by atoms with Crippen LogP contribution in [-0.2, 0) is 4.74 Å². The number of hydrogen-bond acceptors (Lipinski definition) is 4. The van der Waals surface area contributed by atoms with Crippen LogP contribution < -0.4 is 5.32 Å². The number of halogens is 2. The lowest BCUT2D eigenvalue weighted by molar-refractivity contribution is 0.211. The Morgan fingerprint density at radius 1 is 1.39 bits per heavy atom. The molecule has 0 saturated carbocycles. The van der Waals surface area contributed by atoms with Crippen LogP contribution in [0.3, 0.4) is 0 Å². The Balaban J connectivity index is 2.16. The predicted molar refractivity (Wildman–Crippen MR) is 77.9 cm³/mol. The van der Waals surface area contributed by atoms with Gasteiger partial charge < -0.3 is 10.1 Å². The first-order valence-electron chi connectivity index (χ1n) is 5.35. The summed E-state index contributed by atoms with van der Waals surface area (Å²) in [6.07, 6.45) is 1.79. The van der Waals surface area contributed by atoms with Crippen molar-refractivity contribution in [2.24, 2.45) is 0 Å². The van der Waals surface area contributed by atoms with E-state index in [1.807, 2.05) is 6.07 Å². The summed E-state index contributed by atoms with van der Waals surface area (Å²) >= 11 is 13.7. The molecule has 0 aliphatic carbocycles. The SMILES string of the molecule is COCCNc1ncc(-c2cc(Cl)ccc2Cl)s1.